The van der Waals surface area contributed by atoms with Crippen LogP contribution < -0.4 is 0 Å². The molecule has 1 aliphatic rings. The molecule has 0 bridgehead atoms. The van der Waals surface area contributed by atoms with Crippen LogP contribution in [0.25, 0.3) is 0 Å². The molecule has 64 valence electrons. The van der Waals surface area contributed by atoms with Gasteiger partial charge in [-0.15, -0.1) is 0 Å². The third-order valence-corrected chi connectivity index (χ3v) is 2.48. The summed E-state index contributed by atoms with van der Waals surface area (Å²) in [4.78, 5) is 0. The summed E-state index contributed by atoms with van der Waals surface area (Å²) in [6, 6.07) is 0. The topological polar surface area (TPSA) is 32.6 Å². The minimum Gasteiger partial charge on any atom is -0.411 e. The lowest BCUT2D eigenvalue weighted by molar-refractivity contribution is 0.311. The second-order valence-corrected chi connectivity index (χ2v) is 3.54. The maximum Gasteiger partial charge on any atom is 0.0542 e. The largest absolute Gasteiger partial charge is 0.411 e. The van der Waals surface area contributed by atoms with E-state index in [0.717, 1.165) is 18.1 Å². The molecule has 2 nitrogen and oxygen atoms in total. The first-order valence-corrected chi connectivity index (χ1v) is 4.50. The third-order valence-electron chi connectivity index (χ3n) is 2.48. The maximum atomic E-state index is 8.45. The fourth-order valence-electron chi connectivity index (χ4n) is 1.85. The van der Waals surface area contributed by atoms with Crippen molar-refractivity contribution in [1.29, 1.82) is 0 Å². The van der Waals surface area contributed by atoms with Gasteiger partial charge in [-0.05, 0) is 19.3 Å². The van der Waals surface area contributed by atoms with E-state index in [9.17, 15) is 0 Å². The summed E-state index contributed by atoms with van der Waals surface area (Å²) in [7, 11) is 0. The Hall–Kier alpha value is -0.530. The van der Waals surface area contributed by atoms with Crippen molar-refractivity contribution < 1.29 is 5.21 Å². The summed E-state index contributed by atoms with van der Waals surface area (Å²) in [6.07, 6.45) is 7.77. The molecule has 0 radical (unpaired) electrons. The SMILES string of the molecule is C/C(CC1CCCCC1)=N/O. The number of hydrogen-bond donors (Lipinski definition) is 1. The van der Waals surface area contributed by atoms with Crippen LogP contribution in [0.5, 0.6) is 0 Å². The summed E-state index contributed by atoms with van der Waals surface area (Å²) < 4.78 is 0. The Kier molecular flexibility index (Phi) is 3.40. The van der Waals surface area contributed by atoms with Gasteiger partial charge in [0.1, 0.15) is 0 Å². The first kappa shape index (κ1) is 8.57. The van der Waals surface area contributed by atoms with Crippen LogP contribution in [0.4, 0.5) is 0 Å². The van der Waals surface area contributed by atoms with Crippen LogP contribution >= 0.6 is 0 Å². The van der Waals surface area contributed by atoms with Crippen molar-refractivity contribution in [2.45, 2.75) is 45.4 Å². The van der Waals surface area contributed by atoms with Crippen LogP contribution in [-0.4, -0.2) is 10.9 Å². The van der Waals surface area contributed by atoms with Crippen molar-refractivity contribution in [3.05, 3.63) is 0 Å². The zero-order valence-electron chi connectivity index (χ0n) is 7.21. The molecule has 0 atom stereocenters. The second kappa shape index (κ2) is 4.37. The van der Waals surface area contributed by atoms with Crippen LogP contribution in [0.3, 0.4) is 0 Å². The molecule has 0 aromatic rings. The van der Waals surface area contributed by atoms with E-state index in [0.29, 0.717) is 0 Å². The van der Waals surface area contributed by atoms with Gasteiger partial charge < -0.3 is 5.21 Å². The molecule has 1 rings (SSSR count). The van der Waals surface area contributed by atoms with E-state index in [2.05, 4.69) is 5.16 Å². The van der Waals surface area contributed by atoms with E-state index in [4.69, 9.17) is 5.21 Å². The quantitative estimate of drug-likeness (QED) is 0.371. The van der Waals surface area contributed by atoms with Crippen LogP contribution in [0.2, 0.25) is 0 Å². The normalized spacial score (nSPS) is 22.1. The molecule has 0 aromatic heterocycles. The maximum absolute atomic E-state index is 8.45. The molecular formula is C9H17NO. The van der Waals surface area contributed by atoms with E-state index < -0.39 is 0 Å². The predicted molar refractivity (Wildman–Crippen MR) is 46.1 cm³/mol. The van der Waals surface area contributed by atoms with E-state index in [1.54, 1.807) is 0 Å². The first-order valence-electron chi connectivity index (χ1n) is 4.50. The van der Waals surface area contributed by atoms with Crippen molar-refractivity contribution in [3.8, 4) is 0 Å². The standard InChI is InChI=1S/C9H17NO/c1-8(10-11)7-9-5-3-2-4-6-9/h9,11H,2-7H2,1H3/b10-8-. The van der Waals surface area contributed by atoms with E-state index in [1.165, 1.54) is 32.1 Å². The molecule has 2 heteroatoms. The smallest absolute Gasteiger partial charge is 0.0542 e. The molecule has 0 amide bonds. The van der Waals surface area contributed by atoms with Gasteiger partial charge >= 0.3 is 0 Å². The monoisotopic (exact) mass is 155 g/mol. The number of nitrogens with zero attached hydrogens (tertiary/aromatic N) is 1. The van der Waals surface area contributed by atoms with Gasteiger partial charge in [0, 0.05) is 0 Å². The summed E-state index contributed by atoms with van der Waals surface area (Å²) >= 11 is 0. The highest BCUT2D eigenvalue weighted by Gasteiger charge is 2.13. The molecule has 0 heterocycles. The van der Waals surface area contributed by atoms with Crippen LogP contribution in [-0.2, 0) is 0 Å². The summed E-state index contributed by atoms with van der Waals surface area (Å²) in [6.45, 7) is 1.90. The summed E-state index contributed by atoms with van der Waals surface area (Å²) in [5.74, 6) is 0.791. The first-order chi connectivity index (χ1) is 5.33. The number of hydrogen-bond acceptors (Lipinski definition) is 2. The molecule has 0 aromatic carbocycles. The van der Waals surface area contributed by atoms with Gasteiger partial charge in [0.15, 0.2) is 0 Å². The van der Waals surface area contributed by atoms with Crippen molar-refractivity contribution in [1.82, 2.24) is 0 Å². The highest BCUT2D eigenvalue weighted by molar-refractivity contribution is 5.81. The fourth-order valence-corrected chi connectivity index (χ4v) is 1.85. The van der Waals surface area contributed by atoms with Gasteiger partial charge in [0.25, 0.3) is 0 Å². The minimum absolute atomic E-state index is 0.791. The van der Waals surface area contributed by atoms with Gasteiger partial charge in [-0.2, -0.15) is 0 Å². The molecule has 1 aliphatic carbocycles. The Morgan fingerprint density at radius 2 is 2.00 bits per heavy atom. The zero-order chi connectivity index (χ0) is 8.10. The van der Waals surface area contributed by atoms with E-state index >= 15 is 0 Å². The number of rotatable bonds is 2. The molecule has 1 saturated carbocycles. The van der Waals surface area contributed by atoms with Crippen LogP contribution in [0.15, 0.2) is 5.16 Å². The van der Waals surface area contributed by atoms with Crippen molar-refractivity contribution >= 4 is 5.71 Å². The lowest BCUT2D eigenvalue weighted by Gasteiger charge is -2.20. The Morgan fingerprint density at radius 3 is 2.55 bits per heavy atom. The minimum atomic E-state index is 0.791. The summed E-state index contributed by atoms with van der Waals surface area (Å²) in [5, 5.41) is 11.7. The highest BCUT2D eigenvalue weighted by Crippen LogP contribution is 2.26. The highest BCUT2D eigenvalue weighted by atomic mass is 16.4. The Labute approximate surface area is 68.3 Å². The van der Waals surface area contributed by atoms with Gasteiger partial charge in [0.2, 0.25) is 0 Å². The molecule has 0 aliphatic heterocycles. The van der Waals surface area contributed by atoms with E-state index in [-0.39, 0.29) is 0 Å². The van der Waals surface area contributed by atoms with Gasteiger partial charge in [0.05, 0.1) is 5.71 Å². The molecular weight excluding hydrogens is 138 g/mol. The van der Waals surface area contributed by atoms with Gasteiger partial charge in [-0.1, -0.05) is 37.3 Å². The molecule has 1 N–H and O–H groups in total. The molecule has 1 fully saturated rings. The zero-order valence-corrected chi connectivity index (χ0v) is 7.21. The van der Waals surface area contributed by atoms with Crippen LogP contribution in [0, 0.1) is 5.92 Å². The Bertz CT molecular complexity index is 136. The second-order valence-electron chi connectivity index (χ2n) is 3.54. The Balaban J connectivity index is 2.24. The van der Waals surface area contributed by atoms with E-state index in [1.807, 2.05) is 6.92 Å². The molecule has 0 spiro atoms. The lowest BCUT2D eigenvalue weighted by atomic mass is 9.86. The Morgan fingerprint density at radius 1 is 1.36 bits per heavy atom. The van der Waals surface area contributed by atoms with Crippen LogP contribution in [0.1, 0.15) is 45.4 Å². The predicted octanol–water partition coefficient (Wildman–Crippen LogP) is 2.81. The summed E-state index contributed by atoms with van der Waals surface area (Å²) in [5.41, 5.74) is 0.886. The third kappa shape index (κ3) is 2.91. The molecule has 0 saturated heterocycles. The van der Waals surface area contributed by atoms with Crippen molar-refractivity contribution in [3.63, 3.8) is 0 Å². The van der Waals surface area contributed by atoms with Gasteiger partial charge in [-0.3, -0.25) is 0 Å². The number of oxime groups is 1. The van der Waals surface area contributed by atoms with Crippen molar-refractivity contribution in [2.75, 3.05) is 0 Å². The van der Waals surface area contributed by atoms with Crippen molar-refractivity contribution in [2.24, 2.45) is 11.1 Å². The average molecular weight is 155 g/mol. The van der Waals surface area contributed by atoms with Gasteiger partial charge in [-0.25, -0.2) is 0 Å². The molecule has 11 heavy (non-hydrogen) atoms. The lowest BCUT2D eigenvalue weighted by Crippen LogP contribution is -2.09. The molecule has 0 unspecified atom stereocenters. The fraction of sp³-hybridized carbons (Fsp3) is 0.889. The average Bonchev–Trinajstić information content (AvgIpc) is 2.06.